The van der Waals surface area contributed by atoms with E-state index in [0.717, 1.165) is 39.8 Å². The van der Waals surface area contributed by atoms with Gasteiger partial charge in [0.25, 0.3) is 0 Å². The average Bonchev–Trinajstić information content (AvgIpc) is 3.72. The molecular formula is C50H51N5O. The summed E-state index contributed by atoms with van der Waals surface area (Å²) in [5, 5.41) is 8.65. The van der Waals surface area contributed by atoms with E-state index in [4.69, 9.17) is 9.72 Å². The molecule has 8 rings (SSSR count). The summed E-state index contributed by atoms with van der Waals surface area (Å²) in [7, 11) is 0. The highest BCUT2D eigenvalue weighted by atomic mass is 16.5. The molecule has 0 radical (unpaired) electrons. The topological polar surface area (TPSA) is 56.1 Å². The molecule has 1 aliphatic rings. The van der Waals surface area contributed by atoms with Crippen LogP contribution in [0.4, 0.5) is 17.1 Å². The van der Waals surface area contributed by atoms with Crippen molar-refractivity contribution >= 4 is 17.1 Å². The van der Waals surface area contributed by atoms with Crippen LogP contribution in [-0.2, 0) is 21.7 Å². The van der Waals surface area contributed by atoms with Gasteiger partial charge >= 0.3 is 0 Å². The molecule has 0 fully saturated rings. The van der Waals surface area contributed by atoms with Crippen LogP contribution in [-0.4, -0.2) is 20.0 Å². The highest BCUT2D eigenvalue weighted by molar-refractivity contribution is 5.89. The molecule has 6 nitrogen and oxygen atoms in total. The first-order valence-electron chi connectivity index (χ1n) is 19.5. The predicted molar refractivity (Wildman–Crippen MR) is 228 cm³/mol. The summed E-state index contributed by atoms with van der Waals surface area (Å²) < 4.78 is 6.69. The summed E-state index contributed by atoms with van der Waals surface area (Å²) >= 11 is 0. The standard InChI is InChI=1S/C50H51N5O/c1-47(2,3)34-19-23-38(24-20-34)54-44-25-21-35(48(4,5)6)31-42(44)50(46-18-10-11-27-51-46,43-32-36(49(7,8)9)22-26-45(43)54)37-14-12-16-40(30-37)56-41-17-13-15-39(33-41)55-52-28-29-53-55/h10-33H,1-9H3. The summed E-state index contributed by atoms with van der Waals surface area (Å²) in [5.41, 5.74) is 11.4. The molecular weight excluding hydrogens is 687 g/mol. The minimum Gasteiger partial charge on any atom is -0.457 e. The summed E-state index contributed by atoms with van der Waals surface area (Å²) in [6.07, 6.45) is 5.27. The van der Waals surface area contributed by atoms with Gasteiger partial charge in [0.05, 0.1) is 40.6 Å². The molecule has 7 aromatic rings. The van der Waals surface area contributed by atoms with E-state index < -0.39 is 5.41 Å². The maximum absolute atomic E-state index is 6.69. The van der Waals surface area contributed by atoms with E-state index in [2.05, 4.69) is 168 Å². The Balaban J connectivity index is 1.43. The maximum Gasteiger partial charge on any atom is 0.129 e. The normalized spacial score (nSPS) is 13.9. The van der Waals surface area contributed by atoms with Gasteiger partial charge in [-0.2, -0.15) is 15.0 Å². The smallest absolute Gasteiger partial charge is 0.129 e. The number of benzene rings is 5. The summed E-state index contributed by atoms with van der Waals surface area (Å²) in [6, 6.07) is 45.9. The lowest BCUT2D eigenvalue weighted by Gasteiger charge is -2.47. The van der Waals surface area contributed by atoms with Crippen molar-refractivity contribution in [3.05, 3.63) is 185 Å². The van der Waals surface area contributed by atoms with E-state index in [9.17, 15) is 0 Å². The van der Waals surface area contributed by atoms with Crippen molar-refractivity contribution in [1.29, 1.82) is 0 Å². The molecule has 0 amide bonds. The fourth-order valence-electron chi connectivity index (χ4n) is 7.93. The van der Waals surface area contributed by atoms with Crippen molar-refractivity contribution in [2.75, 3.05) is 4.90 Å². The lowest BCUT2D eigenvalue weighted by atomic mass is 9.62. The van der Waals surface area contributed by atoms with Crippen LogP contribution in [0.1, 0.15) is 101 Å². The largest absolute Gasteiger partial charge is 0.457 e. The van der Waals surface area contributed by atoms with Gasteiger partial charge in [-0.25, -0.2) is 0 Å². The Bertz CT molecular complexity index is 2430. The zero-order chi connectivity index (χ0) is 39.5. The third-order valence-corrected chi connectivity index (χ3v) is 11.0. The van der Waals surface area contributed by atoms with Gasteiger partial charge in [-0.05, 0) is 110 Å². The van der Waals surface area contributed by atoms with Crippen LogP contribution in [0.15, 0.2) is 146 Å². The molecule has 6 heteroatoms. The van der Waals surface area contributed by atoms with Crippen LogP contribution in [0.2, 0.25) is 0 Å². The highest BCUT2D eigenvalue weighted by Gasteiger charge is 2.48. The fourth-order valence-corrected chi connectivity index (χ4v) is 7.93. The monoisotopic (exact) mass is 737 g/mol. The Kier molecular flexibility index (Phi) is 8.99. The summed E-state index contributed by atoms with van der Waals surface area (Å²) in [4.78, 5) is 9.29. The van der Waals surface area contributed by atoms with Gasteiger partial charge in [0.1, 0.15) is 11.5 Å². The first-order valence-corrected chi connectivity index (χ1v) is 19.5. The number of rotatable bonds is 6. The van der Waals surface area contributed by atoms with Gasteiger partial charge in [-0.1, -0.05) is 123 Å². The summed E-state index contributed by atoms with van der Waals surface area (Å²) in [6.45, 7) is 20.5. The molecule has 1 aliphatic heterocycles. The van der Waals surface area contributed by atoms with Crippen molar-refractivity contribution in [3.8, 4) is 17.2 Å². The van der Waals surface area contributed by atoms with E-state index in [1.54, 1.807) is 17.2 Å². The molecule has 56 heavy (non-hydrogen) atoms. The lowest BCUT2D eigenvalue weighted by molar-refractivity contribution is 0.480. The lowest BCUT2D eigenvalue weighted by Crippen LogP contribution is -2.39. The number of pyridine rings is 1. The predicted octanol–water partition coefficient (Wildman–Crippen LogP) is 12.5. The zero-order valence-corrected chi connectivity index (χ0v) is 34.0. The molecule has 2 aromatic heterocycles. The zero-order valence-electron chi connectivity index (χ0n) is 34.0. The Morgan fingerprint density at radius 3 is 1.59 bits per heavy atom. The van der Waals surface area contributed by atoms with E-state index in [1.165, 1.54) is 27.8 Å². The van der Waals surface area contributed by atoms with Crippen LogP contribution < -0.4 is 9.64 Å². The first-order chi connectivity index (χ1) is 26.6. The van der Waals surface area contributed by atoms with E-state index in [1.807, 2.05) is 42.6 Å². The molecule has 0 saturated heterocycles. The van der Waals surface area contributed by atoms with Crippen molar-refractivity contribution < 1.29 is 4.74 Å². The average molecular weight is 738 g/mol. The van der Waals surface area contributed by atoms with Crippen molar-refractivity contribution in [3.63, 3.8) is 0 Å². The molecule has 0 saturated carbocycles. The Hall–Kier alpha value is -6.01. The third kappa shape index (κ3) is 6.57. The Morgan fingerprint density at radius 1 is 0.482 bits per heavy atom. The maximum atomic E-state index is 6.69. The van der Waals surface area contributed by atoms with Crippen molar-refractivity contribution in [1.82, 2.24) is 20.0 Å². The molecule has 0 aliphatic carbocycles. The van der Waals surface area contributed by atoms with Crippen LogP contribution in [0.25, 0.3) is 5.69 Å². The molecule has 3 heterocycles. The van der Waals surface area contributed by atoms with E-state index in [-0.39, 0.29) is 16.2 Å². The van der Waals surface area contributed by atoms with Gasteiger partial charge < -0.3 is 9.64 Å². The molecule has 282 valence electrons. The van der Waals surface area contributed by atoms with Crippen LogP contribution in [0, 0.1) is 0 Å². The van der Waals surface area contributed by atoms with Crippen molar-refractivity contribution in [2.24, 2.45) is 0 Å². The second-order valence-electron chi connectivity index (χ2n) is 18.0. The molecule has 0 atom stereocenters. The quantitative estimate of drug-likeness (QED) is 0.170. The van der Waals surface area contributed by atoms with Gasteiger partial charge in [0, 0.05) is 18.0 Å². The molecule has 0 N–H and O–H groups in total. The van der Waals surface area contributed by atoms with Crippen LogP contribution >= 0.6 is 0 Å². The number of hydrogen-bond donors (Lipinski definition) is 0. The van der Waals surface area contributed by atoms with E-state index >= 15 is 0 Å². The minimum absolute atomic E-state index is 0.0397. The SMILES string of the molecule is CC(C)(C)c1ccc(N2c3ccc(C(C)(C)C)cc3C(c3cccc(Oc4cccc(-n5nccn5)c4)c3)(c3ccccn3)c3cc(C(C)(C)C)ccc32)cc1. The number of nitrogens with zero attached hydrogens (tertiary/aromatic N) is 5. The fraction of sp³-hybridized carbons (Fsp3) is 0.260. The van der Waals surface area contributed by atoms with Crippen LogP contribution in [0.3, 0.4) is 0 Å². The summed E-state index contributed by atoms with van der Waals surface area (Å²) in [5.74, 6) is 1.42. The number of aromatic nitrogens is 4. The van der Waals surface area contributed by atoms with Gasteiger partial charge in [0.2, 0.25) is 0 Å². The van der Waals surface area contributed by atoms with Gasteiger partial charge in [-0.3, -0.25) is 4.98 Å². The van der Waals surface area contributed by atoms with Crippen molar-refractivity contribution in [2.45, 2.75) is 84.0 Å². The Morgan fingerprint density at radius 2 is 1.04 bits per heavy atom. The molecule has 0 spiro atoms. The molecule has 0 unspecified atom stereocenters. The molecule has 0 bridgehead atoms. The highest BCUT2D eigenvalue weighted by Crippen LogP contribution is 2.59. The van der Waals surface area contributed by atoms with Gasteiger partial charge in [-0.15, -0.1) is 0 Å². The Labute approximate surface area is 331 Å². The first kappa shape index (κ1) is 36.9. The number of ether oxygens (including phenoxy) is 1. The number of fused-ring (bicyclic) bond motifs is 2. The second-order valence-corrected chi connectivity index (χ2v) is 18.0. The number of hydrogen-bond acceptors (Lipinski definition) is 5. The van der Waals surface area contributed by atoms with Crippen LogP contribution in [0.5, 0.6) is 11.5 Å². The third-order valence-electron chi connectivity index (χ3n) is 11.0. The second kappa shape index (κ2) is 13.6. The van der Waals surface area contributed by atoms with E-state index in [0.29, 0.717) is 5.75 Å². The minimum atomic E-state index is -0.809. The van der Waals surface area contributed by atoms with Gasteiger partial charge in [0.15, 0.2) is 0 Å². The number of anilines is 3. The molecule has 5 aromatic carbocycles.